The molecule has 3 aliphatic rings. The molecule has 6 N–H and O–H groups in total. The van der Waals surface area contributed by atoms with Crippen molar-refractivity contribution >= 4 is 58.2 Å². The zero-order chi connectivity index (χ0) is 39.9. The number of anilines is 1. The summed E-state index contributed by atoms with van der Waals surface area (Å²) in [6, 6.07) is 13.6. The summed E-state index contributed by atoms with van der Waals surface area (Å²) in [5.41, 5.74) is 9.61. The second-order valence-electron chi connectivity index (χ2n) is 13.8. The van der Waals surface area contributed by atoms with Crippen LogP contribution < -0.4 is 16.4 Å². The fraction of sp³-hybridized carbons (Fsp3) is 0.350. The van der Waals surface area contributed by atoms with Crippen LogP contribution in [-0.4, -0.2) is 100 Å². The summed E-state index contributed by atoms with van der Waals surface area (Å²) in [7, 11) is 0. The van der Waals surface area contributed by atoms with Crippen LogP contribution in [0.3, 0.4) is 0 Å². The van der Waals surface area contributed by atoms with E-state index in [0.717, 1.165) is 16.7 Å². The number of nitrogens with one attached hydrogen (secondary N) is 2. The third kappa shape index (κ3) is 9.07. The number of carboxylic acid groups (broad SMARTS) is 2. The molecule has 1 unspecified atom stereocenters. The maximum Gasteiger partial charge on any atom is 0.335 e. The number of hydrogen-bond acceptors (Lipinski definition) is 9. The third-order valence-electron chi connectivity index (χ3n) is 10.1. The van der Waals surface area contributed by atoms with Crippen molar-refractivity contribution in [3.63, 3.8) is 0 Å². The van der Waals surface area contributed by atoms with Gasteiger partial charge in [-0.3, -0.25) is 19.3 Å². The molecule has 56 heavy (non-hydrogen) atoms. The summed E-state index contributed by atoms with van der Waals surface area (Å²) in [5, 5.41) is 28.2. The Morgan fingerprint density at radius 1 is 0.982 bits per heavy atom. The largest absolute Gasteiger partial charge is 0.480 e. The van der Waals surface area contributed by atoms with E-state index >= 15 is 0 Å². The van der Waals surface area contributed by atoms with E-state index < -0.39 is 47.8 Å². The molecule has 3 amide bonds. The molecule has 0 spiro atoms. The lowest BCUT2D eigenvalue weighted by atomic mass is 9.84. The van der Waals surface area contributed by atoms with Gasteiger partial charge >= 0.3 is 11.9 Å². The minimum absolute atomic E-state index is 0.0305. The first-order valence-corrected chi connectivity index (χ1v) is 18.7. The Balaban J connectivity index is 1.22. The number of amides is 3. The fourth-order valence-electron chi connectivity index (χ4n) is 7.27. The van der Waals surface area contributed by atoms with Gasteiger partial charge in [0.25, 0.3) is 11.8 Å². The molecule has 294 valence electrons. The molecular weight excluding hydrogens is 747 g/mol. The normalized spacial score (nSPS) is 18.5. The second-order valence-corrected chi connectivity index (χ2v) is 14.2. The summed E-state index contributed by atoms with van der Waals surface area (Å²) in [5.74, 6) is -4.31. The Labute approximate surface area is 327 Å². The minimum atomic E-state index is -1.13. The molecule has 3 aromatic rings. The van der Waals surface area contributed by atoms with Gasteiger partial charge in [0.15, 0.2) is 5.82 Å². The number of nitrogens with zero attached hydrogens (tertiary/aromatic N) is 3. The number of carbonyl (C=O) groups excluding carboxylic acids is 3. The Morgan fingerprint density at radius 2 is 1.73 bits per heavy atom. The van der Waals surface area contributed by atoms with Crippen molar-refractivity contribution in [3.05, 3.63) is 105 Å². The van der Waals surface area contributed by atoms with Crippen LogP contribution in [0.1, 0.15) is 70.8 Å². The van der Waals surface area contributed by atoms with Crippen LogP contribution in [0.5, 0.6) is 0 Å². The van der Waals surface area contributed by atoms with E-state index in [1.165, 1.54) is 41.3 Å². The third-order valence-corrected chi connectivity index (χ3v) is 10.4. The van der Waals surface area contributed by atoms with Crippen molar-refractivity contribution in [2.45, 2.75) is 56.7 Å². The van der Waals surface area contributed by atoms with Gasteiger partial charge in [-0.1, -0.05) is 47.1 Å². The molecule has 0 bridgehead atoms. The summed E-state index contributed by atoms with van der Waals surface area (Å²) < 4.78 is 14.8. The van der Waals surface area contributed by atoms with Crippen molar-refractivity contribution in [1.82, 2.24) is 15.1 Å². The highest BCUT2D eigenvalue weighted by molar-refractivity contribution is 6.31. The van der Waals surface area contributed by atoms with Crippen molar-refractivity contribution in [2.75, 3.05) is 38.0 Å². The number of aromatic carboxylic acids is 1. The van der Waals surface area contributed by atoms with Gasteiger partial charge in [0.05, 0.1) is 22.8 Å². The van der Waals surface area contributed by atoms with Crippen LogP contribution in [0.25, 0.3) is 5.57 Å². The Morgan fingerprint density at radius 3 is 2.43 bits per heavy atom. The van der Waals surface area contributed by atoms with Gasteiger partial charge in [-0.15, -0.1) is 0 Å². The number of benzene rings is 3. The first-order chi connectivity index (χ1) is 26.9. The van der Waals surface area contributed by atoms with Crippen LogP contribution in [0.4, 0.5) is 10.1 Å². The lowest BCUT2D eigenvalue weighted by Crippen LogP contribution is -2.49. The fourth-order valence-corrected chi connectivity index (χ4v) is 7.44. The van der Waals surface area contributed by atoms with Gasteiger partial charge in [0.1, 0.15) is 12.1 Å². The van der Waals surface area contributed by atoms with Crippen LogP contribution in [0.15, 0.2) is 71.9 Å². The van der Waals surface area contributed by atoms with Gasteiger partial charge in [-0.2, -0.15) is 0 Å². The second kappa shape index (κ2) is 17.9. The quantitative estimate of drug-likeness (QED) is 0.147. The highest BCUT2D eigenvalue weighted by Gasteiger charge is 2.42. The molecule has 0 aromatic heterocycles. The predicted octanol–water partition coefficient (Wildman–Crippen LogP) is 4.22. The number of rotatable bonds is 14. The number of carbonyl (C=O) groups is 5. The number of unbranched alkanes of at least 4 members (excludes halogenated alkanes) is 1. The van der Waals surface area contributed by atoms with Crippen LogP contribution in [-0.2, 0) is 30.4 Å². The summed E-state index contributed by atoms with van der Waals surface area (Å²) in [6.45, 7) is 1.59. The van der Waals surface area contributed by atoms with E-state index in [0.29, 0.717) is 63.0 Å². The van der Waals surface area contributed by atoms with Crippen LogP contribution in [0.2, 0.25) is 5.02 Å². The molecule has 3 heterocycles. The van der Waals surface area contributed by atoms with E-state index in [1.807, 2.05) is 23.1 Å². The van der Waals surface area contributed by atoms with E-state index in [2.05, 4.69) is 15.8 Å². The Kier molecular flexibility index (Phi) is 12.8. The smallest absolute Gasteiger partial charge is 0.335 e. The van der Waals surface area contributed by atoms with Crippen LogP contribution in [0, 0.1) is 5.82 Å². The molecule has 6 rings (SSSR count). The van der Waals surface area contributed by atoms with Gasteiger partial charge in [0, 0.05) is 37.3 Å². The number of carboxylic acids is 2. The lowest BCUT2D eigenvalue weighted by molar-refractivity contribution is -0.148. The lowest BCUT2D eigenvalue weighted by Gasteiger charge is -2.38. The monoisotopic (exact) mass is 788 g/mol. The first kappa shape index (κ1) is 40.0. The molecule has 3 aromatic carbocycles. The molecule has 0 aliphatic carbocycles. The number of nitrogens with two attached hydrogens (primary N) is 1. The molecule has 0 saturated heterocycles. The molecule has 3 aliphatic heterocycles. The van der Waals surface area contributed by atoms with Gasteiger partial charge in [-0.05, 0) is 97.3 Å². The van der Waals surface area contributed by atoms with E-state index in [1.54, 1.807) is 12.1 Å². The van der Waals surface area contributed by atoms with Crippen molar-refractivity contribution in [3.8, 4) is 0 Å². The molecule has 3 atom stereocenters. The van der Waals surface area contributed by atoms with E-state index in [9.17, 15) is 38.6 Å². The molecule has 0 radical (unpaired) electrons. The van der Waals surface area contributed by atoms with Crippen molar-refractivity contribution in [1.29, 1.82) is 0 Å². The molecule has 0 fully saturated rings. The predicted molar refractivity (Wildman–Crippen MR) is 206 cm³/mol. The zero-order valence-electron chi connectivity index (χ0n) is 30.4. The van der Waals surface area contributed by atoms with Crippen molar-refractivity contribution in [2.24, 2.45) is 10.9 Å². The number of halogens is 2. The van der Waals surface area contributed by atoms with Crippen molar-refractivity contribution < 1.29 is 43.4 Å². The molecule has 16 heteroatoms. The maximum absolute atomic E-state index is 14.8. The Hall–Kier alpha value is -5.64. The molecular formula is C40H42ClFN6O8. The summed E-state index contributed by atoms with van der Waals surface area (Å²) in [6.07, 6.45) is 3.38. The molecule has 14 nitrogen and oxygen atoms in total. The average molecular weight is 789 g/mol. The number of aliphatic carboxylic acids is 1. The van der Waals surface area contributed by atoms with E-state index in [-0.39, 0.29) is 47.3 Å². The maximum atomic E-state index is 14.8. The summed E-state index contributed by atoms with van der Waals surface area (Å²) in [4.78, 5) is 73.2. The molecule has 0 saturated carbocycles. The first-order valence-electron chi connectivity index (χ1n) is 18.3. The average Bonchev–Trinajstić information content (AvgIpc) is 3.68. The standard InChI is InChI=1S/C40H42ClFN6O8/c41-30-8-4-7-29(35(30)42)32-21-33(56-46-32)38(51)48-20-16-27-26(5-3-6-28(27)36(48)37(50)44-25-12-10-24(11-13-25)39(52)53)23-14-18-47(19-15-23)22-34(49)45-31(40(54)55)9-1-2-17-43/h3-8,10-14,31,33,36H,1-2,9,15-22,43H2,(H,44,50)(H,45,49)(H,52,53)(H,54,55)/t31?,33-,36+/m1/s1. The van der Waals surface area contributed by atoms with Gasteiger partial charge < -0.3 is 36.3 Å². The zero-order valence-corrected chi connectivity index (χ0v) is 31.1. The van der Waals surface area contributed by atoms with E-state index in [4.69, 9.17) is 22.2 Å². The SMILES string of the molecule is NCCCCC(NC(=O)CN1CC=C(c2cccc3c2CCN(C(=O)[C@H]2CC(c4cccc(Cl)c4F)=NO2)[C@@H]3C(=O)Nc2ccc(C(=O)O)cc2)CC1)C(=O)O. The summed E-state index contributed by atoms with van der Waals surface area (Å²) >= 11 is 5.98. The topological polar surface area (TPSA) is 204 Å². The van der Waals surface area contributed by atoms with Gasteiger partial charge in [0.2, 0.25) is 12.0 Å². The Bertz CT molecular complexity index is 2080. The number of oxime groups is 1. The number of fused-ring (bicyclic) bond motifs is 1. The number of hydrogen-bond donors (Lipinski definition) is 5. The minimum Gasteiger partial charge on any atom is -0.480 e. The highest BCUT2D eigenvalue weighted by Crippen LogP contribution is 2.38. The van der Waals surface area contributed by atoms with Gasteiger partial charge in [-0.25, -0.2) is 14.0 Å². The highest BCUT2D eigenvalue weighted by atomic mass is 35.5. The van der Waals surface area contributed by atoms with Crippen LogP contribution >= 0.6 is 11.6 Å².